The van der Waals surface area contributed by atoms with Crippen LogP contribution in [0.2, 0.25) is 0 Å². The van der Waals surface area contributed by atoms with E-state index in [1.807, 2.05) is 91.0 Å². The molecule has 101 heavy (non-hydrogen) atoms. The number of aromatic hydroxyl groups is 4. The Morgan fingerprint density at radius 2 is 0.634 bits per heavy atom. The number of ether oxygens (including phenoxy) is 13. The Hall–Kier alpha value is -13.1. The zero-order valence-corrected chi connectivity index (χ0v) is 53.4. The fraction of sp³-hybridized carbons (Fsp3) is 0.123. The quantitative estimate of drug-likeness (QED) is 0.0398. The molecule has 4 N–H and O–H groups in total. The van der Waals surface area contributed by atoms with Crippen LogP contribution in [0, 0.1) is 0 Å². The minimum Gasteiger partial charge on any atom is -0.504 e. The van der Waals surface area contributed by atoms with Crippen LogP contribution in [-0.4, -0.2) is 69.5 Å². The molecule has 20 heteroatoms. The fourth-order valence-electron chi connectivity index (χ4n) is 13.0. The van der Waals surface area contributed by atoms with Gasteiger partial charge in [0.05, 0.1) is 23.3 Å². The average Bonchev–Trinajstić information content (AvgIpc) is 1.63. The smallest absolute Gasteiger partial charge is 0.340 e. The third-order valence-corrected chi connectivity index (χ3v) is 17.9. The van der Waals surface area contributed by atoms with Gasteiger partial charge in [0.1, 0.15) is 5.76 Å². The Bertz CT molecular complexity index is 4910. The molecular formula is C81H58O20. The first-order valence-corrected chi connectivity index (χ1v) is 32.1. The highest BCUT2D eigenvalue weighted by Gasteiger charge is 2.54. The second-order valence-corrected chi connectivity index (χ2v) is 24.4. The molecule has 0 saturated carbocycles. The summed E-state index contributed by atoms with van der Waals surface area (Å²) in [5, 5.41) is 47.1. The predicted octanol–water partition coefficient (Wildman–Crippen LogP) is 14.2. The predicted molar refractivity (Wildman–Crippen MR) is 360 cm³/mol. The lowest BCUT2D eigenvalue weighted by Gasteiger charge is -2.40. The van der Waals surface area contributed by atoms with E-state index in [9.17, 15) is 25.2 Å². The number of carbonyl (C=O) groups excluding carboxylic acids is 3. The SMILES string of the molecule is C=C(O[C@@H]1CO[C@H](OC(=O)c2cc(O)c3c(c2)OC(C)(c2ccccc2)O3)[C@H](OC(=O)c2cc(O)c3c(c2)OC(c2ccccc2)(c2ccccc2)O3)[C@H]1OC(=O)c1cc(O)c2c(c1)OC(c1ccccc1)(c1ccccc1)O2)c1cc(O)c2c(c1)OC(c1ccccc1)(c1ccccc1)O2. The van der Waals surface area contributed by atoms with Gasteiger partial charge in [-0.25, -0.2) is 14.4 Å². The Balaban J connectivity index is 0.778. The summed E-state index contributed by atoms with van der Waals surface area (Å²) < 4.78 is 84.2. The van der Waals surface area contributed by atoms with Gasteiger partial charge in [0.2, 0.25) is 35.4 Å². The van der Waals surface area contributed by atoms with E-state index in [2.05, 4.69) is 6.58 Å². The van der Waals surface area contributed by atoms with Crippen LogP contribution in [0.25, 0.3) is 5.76 Å². The maximum Gasteiger partial charge on any atom is 0.340 e. The van der Waals surface area contributed by atoms with Gasteiger partial charge in [0.25, 0.3) is 5.79 Å². The molecule has 20 nitrogen and oxygen atoms in total. The van der Waals surface area contributed by atoms with Crippen molar-refractivity contribution in [2.24, 2.45) is 0 Å². The van der Waals surface area contributed by atoms with Crippen molar-refractivity contribution < 1.29 is 96.4 Å². The van der Waals surface area contributed by atoms with E-state index < -0.39 is 89.5 Å². The Kier molecular flexibility index (Phi) is 15.4. The van der Waals surface area contributed by atoms with Crippen LogP contribution >= 0.6 is 0 Å². The van der Waals surface area contributed by atoms with Gasteiger partial charge in [-0.05, 0) is 48.5 Å². The van der Waals surface area contributed by atoms with Gasteiger partial charge in [0.15, 0.2) is 58.2 Å². The zero-order chi connectivity index (χ0) is 69.2. The van der Waals surface area contributed by atoms with Gasteiger partial charge in [-0.3, -0.25) is 0 Å². The van der Waals surface area contributed by atoms with Crippen molar-refractivity contribution in [3.05, 3.63) is 329 Å². The van der Waals surface area contributed by atoms with E-state index in [-0.39, 0.29) is 79.8 Å². The van der Waals surface area contributed by atoms with Crippen molar-refractivity contribution in [3.8, 4) is 69.0 Å². The van der Waals surface area contributed by atoms with E-state index in [1.165, 1.54) is 30.3 Å². The van der Waals surface area contributed by atoms with Gasteiger partial charge < -0.3 is 82.0 Å². The van der Waals surface area contributed by atoms with Crippen LogP contribution in [0.4, 0.5) is 0 Å². The summed E-state index contributed by atoms with van der Waals surface area (Å²) in [7, 11) is 0. The summed E-state index contributed by atoms with van der Waals surface area (Å²) in [5.74, 6) is -12.4. The highest BCUT2D eigenvalue weighted by atomic mass is 16.8. The van der Waals surface area contributed by atoms with Crippen molar-refractivity contribution in [2.45, 2.75) is 54.7 Å². The number of hydrogen-bond acceptors (Lipinski definition) is 20. The number of rotatable bonds is 16. The minimum atomic E-state index is -2.06. The minimum absolute atomic E-state index is 0.00294. The lowest BCUT2D eigenvalue weighted by atomic mass is 9.97. The lowest BCUT2D eigenvalue weighted by molar-refractivity contribution is -0.249. The van der Waals surface area contributed by atoms with Gasteiger partial charge >= 0.3 is 35.3 Å². The van der Waals surface area contributed by atoms with Crippen molar-refractivity contribution in [1.82, 2.24) is 0 Å². The van der Waals surface area contributed by atoms with E-state index in [0.29, 0.717) is 38.9 Å². The first kappa shape index (κ1) is 62.7. The summed E-state index contributed by atoms with van der Waals surface area (Å²) >= 11 is 0. The van der Waals surface area contributed by atoms with Crippen LogP contribution in [0.15, 0.2) is 267 Å². The number of carbonyl (C=O) groups is 3. The Morgan fingerprint density at radius 1 is 0.347 bits per heavy atom. The largest absolute Gasteiger partial charge is 0.504 e. The number of fused-ring (bicyclic) bond motifs is 4. The number of benzene rings is 11. The average molecular weight is 1350 g/mol. The molecule has 11 aromatic rings. The number of phenolic OH excluding ortho intramolecular Hbond substituents is 4. The van der Waals surface area contributed by atoms with Gasteiger partial charge in [0, 0.05) is 51.4 Å². The molecule has 0 aliphatic carbocycles. The molecular weight excluding hydrogens is 1290 g/mol. The molecule has 1 saturated heterocycles. The monoisotopic (exact) mass is 1350 g/mol. The van der Waals surface area contributed by atoms with Crippen LogP contribution in [0.3, 0.4) is 0 Å². The third-order valence-electron chi connectivity index (χ3n) is 17.9. The molecule has 0 radical (unpaired) electrons. The van der Waals surface area contributed by atoms with Crippen molar-refractivity contribution >= 4 is 23.7 Å². The summed E-state index contributed by atoms with van der Waals surface area (Å²) in [6.07, 6.45) is -7.57. The van der Waals surface area contributed by atoms with E-state index in [4.69, 9.17) is 61.6 Å². The molecule has 0 amide bonds. The van der Waals surface area contributed by atoms with Gasteiger partial charge in [-0.15, -0.1) is 0 Å². The molecule has 1 fully saturated rings. The topological polar surface area (TPSA) is 252 Å². The van der Waals surface area contributed by atoms with Gasteiger partial charge in [-0.2, -0.15) is 0 Å². The third kappa shape index (κ3) is 11.1. The first-order chi connectivity index (χ1) is 49.1. The highest BCUT2D eigenvalue weighted by molar-refractivity contribution is 5.94. The summed E-state index contributed by atoms with van der Waals surface area (Å²) in [5.41, 5.74) is 3.15. The molecule has 16 rings (SSSR count). The van der Waals surface area contributed by atoms with E-state index in [1.54, 1.807) is 128 Å². The standard InChI is InChI=1S/C81H58O20/c1-47(48-38-59(82)69-64(42-48)95-79(99-69,53-26-12-4-13-27-53)54-28-14-5-15-29-54)90-67-46-89-77(93-76(88)51-41-60(83)68-63(43-51)94-78(2,98-68)52-24-10-3-11-25-52)73(92-75(87)50-40-62(85)71-66(45-50)97-81(101-71,57-34-20-8-21-35-57)58-36-22-9-23-37-58)72(67)91-74(86)49-39-61(84)70-65(44-49)96-80(100-70,55-30-16-6-17-31-55)56-32-18-7-19-33-56/h3-45,67,72-73,77,82-85H,1,46H2,2H3/t67-,72+,73-,77-,78?/m1/s1. The van der Waals surface area contributed by atoms with Crippen LogP contribution in [0.1, 0.15) is 82.5 Å². The molecule has 11 aromatic carbocycles. The van der Waals surface area contributed by atoms with Crippen LogP contribution < -0.4 is 37.9 Å². The molecule has 502 valence electrons. The van der Waals surface area contributed by atoms with Gasteiger partial charge in [-0.1, -0.05) is 219 Å². The summed E-state index contributed by atoms with van der Waals surface area (Å²) in [6, 6.07) is 73.0. The number of hydrogen-bond donors (Lipinski definition) is 4. The molecule has 5 aliphatic rings. The van der Waals surface area contributed by atoms with E-state index >= 15 is 9.59 Å². The molecule has 1 unspecified atom stereocenters. The first-order valence-electron chi connectivity index (χ1n) is 32.1. The van der Waals surface area contributed by atoms with Crippen molar-refractivity contribution in [2.75, 3.05) is 6.61 Å². The number of esters is 3. The van der Waals surface area contributed by atoms with E-state index in [0.717, 1.165) is 18.2 Å². The molecule has 5 heterocycles. The van der Waals surface area contributed by atoms with Crippen LogP contribution in [0.5, 0.6) is 69.0 Å². The Morgan fingerprint density at radius 3 is 0.990 bits per heavy atom. The normalized spacial score (nSPS) is 19.5. The highest BCUT2D eigenvalue weighted by Crippen LogP contribution is 2.57. The second kappa shape index (κ2) is 24.8. The van der Waals surface area contributed by atoms with Crippen LogP contribution in [-0.2, 0) is 46.8 Å². The fourth-order valence-corrected chi connectivity index (χ4v) is 13.0. The second-order valence-electron chi connectivity index (χ2n) is 24.4. The molecule has 0 spiro atoms. The maximum atomic E-state index is 15.4. The number of phenols is 4. The molecule has 0 aromatic heterocycles. The maximum absolute atomic E-state index is 15.4. The van der Waals surface area contributed by atoms with Crippen molar-refractivity contribution in [3.63, 3.8) is 0 Å². The summed E-state index contributed by atoms with van der Waals surface area (Å²) in [4.78, 5) is 45.6. The lowest BCUT2D eigenvalue weighted by Crippen LogP contribution is -2.58. The molecule has 5 aliphatic heterocycles. The Labute approximate surface area is 576 Å². The zero-order valence-electron chi connectivity index (χ0n) is 53.4. The van der Waals surface area contributed by atoms with Crippen molar-refractivity contribution in [1.29, 1.82) is 0 Å². The summed E-state index contributed by atoms with van der Waals surface area (Å²) in [6.45, 7) is 5.26. The molecule has 5 atom stereocenters. The molecule has 0 bridgehead atoms.